The molecule has 0 aliphatic heterocycles. The number of rotatable bonds is 15. The first kappa shape index (κ1) is 30.9. The van der Waals surface area contributed by atoms with Crippen molar-refractivity contribution in [1.82, 2.24) is 10.2 Å². The monoisotopic (exact) mass is 545 g/mol. The minimum Gasteiger partial charge on any atom is -0.497 e. The molecule has 3 aromatic carbocycles. The normalized spacial score (nSPS) is 12.4. The van der Waals surface area contributed by atoms with Gasteiger partial charge in [-0.1, -0.05) is 56.3 Å². The molecule has 0 aliphatic rings. The van der Waals surface area contributed by atoms with E-state index in [4.69, 9.17) is 15.2 Å². The van der Waals surface area contributed by atoms with Gasteiger partial charge in [-0.2, -0.15) is 0 Å². The van der Waals surface area contributed by atoms with E-state index in [1.807, 2.05) is 72.5 Å². The number of amides is 1. The van der Waals surface area contributed by atoms with Crippen LogP contribution >= 0.6 is 0 Å². The number of nitrogens with one attached hydrogen (secondary N) is 1. The second kappa shape index (κ2) is 15.8. The molecule has 0 fully saturated rings. The second-order valence-corrected chi connectivity index (χ2v) is 10.2. The predicted octanol–water partition coefficient (Wildman–Crippen LogP) is 5.15. The summed E-state index contributed by atoms with van der Waals surface area (Å²) < 4.78 is 11.4. The van der Waals surface area contributed by atoms with E-state index in [0.717, 1.165) is 35.3 Å². The smallest absolute Gasteiger partial charge is 0.338 e. The SMILES string of the molecule is CCCN(CCC)C(=O)c1cc(C)cc(C(=O)O[C@H](CNCc2ccccc2)[C@@H](N)Cc2cccc(OC)c2)c1. The van der Waals surface area contributed by atoms with Crippen LogP contribution in [0, 0.1) is 6.92 Å². The van der Waals surface area contributed by atoms with Crippen molar-refractivity contribution >= 4 is 11.9 Å². The number of nitrogens with two attached hydrogens (primary N) is 1. The topological polar surface area (TPSA) is 93.9 Å². The average molecular weight is 546 g/mol. The van der Waals surface area contributed by atoms with E-state index in [-0.39, 0.29) is 5.91 Å². The first-order valence-corrected chi connectivity index (χ1v) is 14.1. The van der Waals surface area contributed by atoms with Crippen molar-refractivity contribution in [3.05, 3.63) is 101 Å². The van der Waals surface area contributed by atoms with Gasteiger partial charge in [0.2, 0.25) is 0 Å². The van der Waals surface area contributed by atoms with Crippen LogP contribution < -0.4 is 15.8 Å². The molecule has 7 heteroatoms. The van der Waals surface area contributed by atoms with Gasteiger partial charge < -0.3 is 25.4 Å². The van der Waals surface area contributed by atoms with Crippen LogP contribution in [-0.2, 0) is 17.7 Å². The van der Waals surface area contributed by atoms with Gasteiger partial charge >= 0.3 is 5.97 Å². The van der Waals surface area contributed by atoms with Gasteiger partial charge in [0.1, 0.15) is 11.9 Å². The Morgan fingerprint density at radius 3 is 2.25 bits per heavy atom. The van der Waals surface area contributed by atoms with Crippen molar-refractivity contribution in [2.75, 3.05) is 26.7 Å². The number of aryl methyl sites for hydroxylation is 1. The number of benzene rings is 3. The van der Waals surface area contributed by atoms with Gasteiger partial charge in [0.05, 0.1) is 12.7 Å². The predicted molar refractivity (Wildman–Crippen MR) is 160 cm³/mol. The minimum absolute atomic E-state index is 0.0720. The van der Waals surface area contributed by atoms with Gasteiger partial charge in [-0.25, -0.2) is 4.79 Å². The molecule has 0 unspecified atom stereocenters. The molecule has 0 radical (unpaired) electrons. The van der Waals surface area contributed by atoms with E-state index in [9.17, 15) is 9.59 Å². The van der Waals surface area contributed by atoms with Crippen LogP contribution in [0.1, 0.15) is 64.1 Å². The van der Waals surface area contributed by atoms with Gasteiger partial charge in [-0.05, 0) is 73.2 Å². The molecule has 0 spiro atoms. The van der Waals surface area contributed by atoms with Crippen LogP contribution in [0.3, 0.4) is 0 Å². The molecule has 0 heterocycles. The first-order valence-electron chi connectivity index (χ1n) is 14.1. The summed E-state index contributed by atoms with van der Waals surface area (Å²) in [5.41, 5.74) is 10.4. The number of carbonyl (C=O) groups is 2. The average Bonchev–Trinajstić information content (AvgIpc) is 2.96. The van der Waals surface area contributed by atoms with E-state index < -0.39 is 18.1 Å². The lowest BCUT2D eigenvalue weighted by Gasteiger charge is -2.25. The molecule has 40 heavy (non-hydrogen) atoms. The molecule has 0 aromatic heterocycles. The Labute approximate surface area is 238 Å². The summed E-state index contributed by atoms with van der Waals surface area (Å²) in [6, 6.07) is 22.5. The molecule has 0 bridgehead atoms. The van der Waals surface area contributed by atoms with Crippen molar-refractivity contribution in [2.45, 2.75) is 58.7 Å². The van der Waals surface area contributed by atoms with Gasteiger partial charge in [-0.3, -0.25) is 4.79 Å². The van der Waals surface area contributed by atoms with E-state index in [0.29, 0.717) is 43.7 Å². The molecule has 3 N–H and O–H groups in total. The maximum absolute atomic E-state index is 13.4. The Bertz CT molecular complexity index is 1230. The highest BCUT2D eigenvalue weighted by Crippen LogP contribution is 2.18. The van der Waals surface area contributed by atoms with Crippen molar-refractivity contribution < 1.29 is 19.1 Å². The molecule has 0 saturated carbocycles. The van der Waals surface area contributed by atoms with Crippen LogP contribution in [0.2, 0.25) is 0 Å². The van der Waals surface area contributed by atoms with E-state index >= 15 is 0 Å². The summed E-state index contributed by atoms with van der Waals surface area (Å²) in [5, 5.41) is 3.39. The van der Waals surface area contributed by atoms with Crippen molar-refractivity contribution in [3.63, 3.8) is 0 Å². The third-order valence-electron chi connectivity index (χ3n) is 6.69. The Balaban J connectivity index is 1.79. The quantitative estimate of drug-likeness (QED) is 0.257. The molecular formula is C33H43N3O4. The van der Waals surface area contributed by atoms with Gasteiger partial charge in [0.15, 0.2) is 0 Å². The zero-order chi connectivity index (χ0) is 28.9. The maximum atomic E-state index is 13.4. The molecule has 2 atom stereocenters. The van der Waals surface area contributed by atoms with Crippen molar-refractivity contribution in [3.8, 4) is 5.75 Å². The third-order valence-corrected chi connectivity index (χ3v) is 6.69. The molecule has 0 aliphatic carbocycles. The Hall–Kier alpha value is -3.68. The summed E-state index contributed by atoms with van der Waals surface area (Å²) >= 11 is 0. The summed E-state index contributed by atoms with van der Waals surface area (Å²) in [7, 11) is 1.63. The van der Waals surface area contributed by atoms with Crippen LogP contribution in [0.4, 0.5) is 0 Å². The summed E-state index contributed by atoms with van der Waals surface area (Å²) in [6.07, 6.45) is 1.64. The lowest BCUT2D eigenvalue weighted by molar-refractivity contribution is 0.0238. The largest absolute Gasteiger partial charge is 0.497 e. The lowest BCUT2D eigenvalue weighted by Crippen LogP contribution is -2.46. The molecule has 3 aromatic rings. The van der Waals surface area contributed by atoms with Crippen molar-refractivity contribution in [2.24, 2.45) is 5.73 Å². The number of ether oxygens (including phenoxy) is 2. The Kier molecular flexibility index (Phi) is 12.2. The van der Waals surface area contributed by atoms with Gasteiger partial charge in [0, 0.05) is 37.8 Å². The maximum Gasteiger partial charge on any atom is 0.338 e. The zero-order valence-electron chi connectivity index (χ0n) is 24.2. The van der Waals surface area contributed by atoms with Crippen molar-refractivity contribution in [1.29, 1.82) is 0 Å². The summed E-state index contributed by atoms with van der Waals surface area (Å²) in [5.74, 6) is 0.178. The Morgan fingerprint density at radius 2 is 1.57 bits per heavy atom. The van der Waals surface area contributed by atoms with Crippen LogP contribution in [0.15, 0.2) is 72.8 Å². The third kappa shape index (κ3) is 9.21. The minimum atomic E-state index is -0.598. The number of carbonyl (C=O) groups excluding carboxylic acids is 2. The molecular weight excluding hydrogens is 502 g/mol. The van der Waals surface area contributed by atoms with E-state index in [1.165, 1.54) is 0 Å². The van der Waals surface area contributed by atoms with Crippen LogP contribution in [0.5, 0.6) is 5.75 Å². The zero-order valence-corrected chi connectivity index (χ0v) is 24.2. The number of hydrogen-bond donors (Lipinski definition) is 2. The summed E-state index contributed by atoms with van der Waals surface area (Å²) in [4.78, 5) is 28.5. The second-order valence-electron chi connectivity index (χ2n) is 10.2. The molecule has 7 nitrogen and oxygen atoms in total. The summed E-state index contributed by atoms with van der Waals surface area (Å²) in [6.45, 7) is 8.33. The van der Waals surface area contributed by atoms with Crippen LogP contribution in [-0.4, -0.2) is 55.7 Å². The highest BCUT2D eigenvalue weighted by molar-refractivity contribution is 5.98. The number of hydrogen-bond acceptors (Lipinski definition) is 6. The Morgan fingerprint density at radius 1 is 0.900 bits per heavy atom. The fraction of sp³-hybridized carbons (Fsp3) is 0.394. The number of nitrogens with zero attached hydrogens (tertiary/aromatic N) is 1. The molecule has 3 rings (SSSR count). The highest BCUT2D eigenvalue weighted by Gasteiger charge is 2.25. The number of esters is 1. The molecule has 0 saturated heterocycles. The first-order chi connectivity index (χ1) is 19.3. The van der Waals surface area contributed by atoms with Gasteiger partial charge in [0.25, 0.3) is 5.91 Å². The molecule has 214 valence electrons. The standard InChI is InChI=1S/C33H43N3O4/c1-5-15-36(16-6-2)32(37)27-17-24(3)18-28(21-27)33(38)40-31(23-35-22-25-11-8-7-9-12-25)30(34)20-26-13-10-14-29(19-26)39-4/h7-14,17-19,21,30-31,35H,5-6,15-16,20,22-23,34H2,1-4H3/t30-,31+/m0/s1. The highest BCUT2D eigenvalue weighted by atomic mass is 16.5. The lowest BCUT2D eigenvalue weighted by atomic mass is 10.0. The van der Waals surface area contributed by atoms with Gasteiger partial charge in [-0.15, -0.1) is 0 Å². The number of methoxy groups -OCH3 is 1. The van der Waals surface area contributed by atoms with Crippen LogP contribution in [0.25, 0.3) is 0 Å². The molecule has 1 amide bonds. The van der Waals surface area contributed by atoms with E-state index in [2.05, 4.69) is 19.2 Å². The fourth-order valence-corrected chi connectivity index (χ4v) is 4.71. The fourth-order valence-electron chi connectivity index (χ4n) is 4.71. The van der Waals surface area contributed by atoms with E-state index in [1.54, 1.807) is 19.2 Å².